The van der Waals surface area contributed by atoms with Crippen molar-refractivity contribution in [3.8, 4) is 11.4 Å². The quantitative estimate of drug-likeness (QED) is 0.751. The van der Waals surface area contributed by atoms with Gasteiger partial charge in [0.2, 0.25) is 0 Å². The smallest absolute Gasteiger partial charge is 0.352 e. The summed E-state index contributed by atoms with van der Waals surface area (Å²) in [5.41, 5.74) is 2.88. The molecule has 0 unspecified atom stereocenters. The van der Waals surface area contributed by atoms with Crippen molar-refractivity contribution in [2.75, 3.05) is 0 Å². The summed E-state index contributed by atoms with van der Waals surface area (Å²) < 4.78 is 1.65. The van der Waals surface area contributed by atoms with Gasteiger partial charge in [-0.2, -0.15) is 0 Å². The molecule has 0 aliphatic rings. The Morgan fingerprint density at radius 2 is 2.05 bits per heavy atom. The molecule has 0 aliphatic carbocycles. The first kappa shape index (κ1) is 11.9. The fourth-order valence-electron chi connectivity index (χ4n) is 2.23. The lowest BCUT2D eigenvalue weighted by molar-refractivity contribution is 0.0687. The summed E-state index contributed by atoms with van der Waals surface area (Å²) in [5, 5.41) is 10.8. The Kier molecular flexibility index (Phi) is 2.61. The molecule has 5 heteroatoms. The van der Waals surface area contributed by atoms with Crippen molar-refractivity contribution in [3.05, 3.63) is 47.1 Å². The number of carboxylic acid groups (broad SMARTS) is 1. The average molecular weight is 275 g/mol. The van der Waals surface area contributed by atoms with Gasteiger partial charge in [0.05, 0.1) is 11.4 Å². The summed E-state index contributed by atoms with van der Waals surface area (Å²) in [5.74, 6) is -0.937. The van der Waals surface area contributed by atoms with Crippen LogP contribution in [-0.2, 0) is 7.05 Å². The van der Waals surface area contributed by atoms with Crippen LogP contribution < -0.4 is 0 Å². The summed E-state index contributed by atoms with van der Waals surface area (Å²) in [6.07, 6.45) is 0. The van der Waals surface area contributed by atoms with E-state index < -0.39 is 5.97 Å². The zero-order chi connectivity index (χ0) is 13.6. The number of aromatic amines is 1. The molecule has 0 atom stereocenters. The molecule has 3 rings (SSSR count). The average Bonchev–Trinajstić information content (AvgIpc) is 2.91. The topological polar surface area (TPSA) is 58.0 Å². The van der Waals surface area contributed by atoms with E-state index in [4.69, 9.17) is 16.7 Å². The van der Waals surface area contributed by atoms with Gasteiger partial charge >= 0.3 is 5.97 Å². The number of hydrogen-bond acceptors (Lipinski definition) is 1. The van der Waals surface area contributed by atoms with E-state index in [1.165, 1.54) is 0 Å². The van der Waals surface area contributed by atoms with Gasteiger partial charge in [-0.1, -0.05) is 17.7 Å². The molecule has 2 heterocycles. The van der Waals surface area contributed by atoms with Crippen LogP contribution in [0.1, 0.15) is 10.5 Å². The molecule has 2 aromatic heterocycles. The number of nitrogens with zero attached hydrogens (tertiary/aromatic N) is 1. The van der Waals surface area contributed by atoms with Crippen LogP contribution in [0.4, 0.5) is 0 Å². The van der Waals surface area contributed by atoms with E-state index in [9.17, 15) is 4.79 Å². The second kappa shape index (κ2) is 4.17. The van der Waals surface area contributed by atoms with E-state index in [2.05, 4.69) is 4.98 Å². The number of carbonyl (C=O) groups is 1. The zero-order valence-corrected chi connectivity index (χ0v) is 10.9. The largest absolute Gasteiger partial charge is 0.477 e. The summed E-state index contributed by atoms with van der Waals surface area (Å²) in [7, 11) is 1.73. The minimum atomic E-state index is -0.937. The fraction of sp³-hybridized carbons (Fsp3) is 0.0714. The van der Waals surface area contributed by atoms with Crippen LogP contribution in [0, 0.1) is 0 Å². The number of carboxylic acids is 1. The Morgan fingerprint density at radius 1 is 1.26 bits per heavy atom. The highest BCUT2D eigenvalue weighted by Crippen LogP contribution is 2.27. The highest BCUT2D eigenvalue weighted by Gasteiger charge is 2.13. The number of aromatic nitrogens is 2. The van der Waals surface area contributed by atoms with Gasteiger partial charge in [0.1, 0.15) is 5.69 Å². The van der Waals surface area contributed by atoms with Gasteiger partial charge in [-0.05, 0) is 30.3 Å². The molecular weight excluding hydrogens is 264 g/mol. The van der Waals surface area contributed by atoms with Gasteiger partial charge in [-0.3, -0.25) is 0 Å². The molecule has 4 nitrogen and oxygen atoms in total. The maximum absolute atomic E-state index is 11.0. The molecule has 0 saturated heterocycles. The van der Waals surface area contributed by atoms with E-state index in [0.29, 0.717) is 5.02 Å². The summed E-state index contributed by atoms with van der Waals surface area (Å²) in [6.45, 7) is 0. The highest BCUT2D eigenvalue weighted by molar-refractivity contribution is 6.31. The van der Waals surface area contributed by atoms with E-state index in [1.54, 1.807) is 23.7 Å². The van der Waals surface area contributed by atoms with Gasteiger partial charge < -0.3 is 14.7 Å². The van der Waals surface area contributed by atoms with Crippen LogP contribution in [0.25, 0.3) is 22.3 Å². The normalized spacial score (nSPS) is 11.1. The molecule has 0 spiro atoms. The Morgan fingerprint density at radius 3 is 2.74 bits per heavy atom. The Bertz CT molecular complexity index is 786. The van der Waals surface area contributed by atoms with Crippen molar-refractivity contribution < 1.29 is 9.90 Å². The third-order valence-electron chi connectivity index (χ3n) is 3.20. The predicted octanol–water partition coefficient (Wildman–Crippen LogP) is 3.53. The third-order valence-corrected chi connectivity index (χ3v) is 3.44. The number of nitrogens with one attached hydrogen (secondary N) is 1. The molecular formula is C14H11ClN2O2. The second-order valence-corrected chi connectivity index (χ2v) is 4.82. The van der Waals surface area contributed by atoms with E-state index in [1.807, 2.05) is 24.3 Å². The van der Waals surface area contributed by atoms with Crippen LogP contribution in [0.3, 0.4) is 0 Å². The van der Waals surface area contributed by atoms with Crippen molar-refractivity contribution in [3.63, 3.8) is 0 Å². The first-order valence-corrected chi connectivity index (χ1v) is 6.12. The van der Waals surface area contributed by atoms with Crippen molar-refractivity contribution in [1.82, 2.24) is 9.55 Å². The van der Waals surface area contributed by atoms with Crippen LogP contribution in [0.5, 0.6) is 0 Å². The lowest BCUT2D eigenvalue weighted by atomic mass is 10.2. The predicted molar refractivity (Wildman–Crippen MR) is 74.7 cm³/mol. The summed E-state index contributed by atoms with van der Waals surface area (Å²) in [4.78, 5) is 14.3. The molecule has 0 aliphatic heterocycles. The Hall–Kier alpha value is -2.20. The van der Waals surface area contributed by atoms with Crippen LogP contribution in [0.2, 0.25) is 5.02 Å². The zero-order valence-electron chi connectivity index (χ0n) is 10.1. The first-order chi connectivity index (χ1) is 9.06. The van der Waals surface area contributed by atoms with Crippen LogP contribution >= 0.6 is 11.6 Å². The molecule has 19 heavy (non-hydrogen) atoms. The van der Waals surface area contributed by atoms with Crippen LogP contribution in [0.15, 0.2) is 36.4 Å². The number of benzene rings is 1. The molecule has 96 valence electrons. The molecule has 3 aromatic rings. The summed E-state index contributed by atoms with van der Waals surface area (Å²) >= 11 is 5.95. The van der Waals surface area contributed by atoms with Gasteiger partial charge in [0.15, 0.2) is 0 Å². The van der Waals surface area contributed by atoms with Gasteiger partial charge in [-0.15, -0.1) is 0 Å². The lowest BCUT2D eigenvalue weighted by Gasteiger charge is -2.02. The minimum absolute atomic E-state index is 0.256. The molecule has 0 fully saturated rings. The Balaban J connectivity index is 2.16. The second-order valence-electron chi connectivity index (χ2n) is 4.38. The Labute approximate surface area is 114 Å². The number of H-pyrrole nitrogens is 1. The first-order valence-electron chi connectivity index (χ1n) is 5.74. The minimum Gasteiger partial charge on any atom is -0.477 e. The monoisotopic (exact) mass is 274 g/mol. The van der Waals surface area contributed by atoms with E-state index in [0.717, 1.165) is 22.3 Å². The van der Waals surface area contributed by atoms with Crippen molar-refractivity contribution >= 4 is 28.5 Å². The van der Waals surface area contributed by atoms with Crippen molar-refractivity contribution in [1.29, 1.82) is 0 Å². The summed E-state index contributed by atoms with van der Waals surface area (Å²) in [6, 6.07) is 11.0. The lowest BCUT2D eigenvalue weighted by Crippen LogP contribution is -2.05. The number of rotatable bonds is 2. The van der Waals surface area contributed by atoms with Gasteiger partial charge in [0.25, 0.3) is 0 Å². The van der Waals surface area contributed by atoms with E-state index >= 15 is 0 Å². The third kappa shape index (κ3) is 1.90. The molecule has 1 aromatic carbocycles. The molecule has 0 saturated carbocycles. The molecule has 2 N–H and O–H groups in total. The maximum atomic E-state index is 11.0. The molecule has 0 bridgehead atoms. The number of aromatic carboxylic acids is 1. The molecule has 0 amide bonds. The van der Waals surface area contributed by atoms with Crippen molar-refractivity contribution in [2.45, 2.75) is 0 Å². The number of fused-ring (bicyclic) bond motifs is 1. The molecule has 0 radical (unpaired) electrons. The standard InChI is InChI=1S/C14H11ClN2O2/c1-17-12(4-5-13(17)14(18)19)11-6-8-2-3-9(15)7-10(8)16-11/h2-7,16H,1H3,(H,18,19). The SMILES string of the molecule is Cn1c(C(=O)O)ccc1-c1cc2ccc(Cl)cc2[nH]1. The number of halogens is 1. The maximum Gasteiger partial charge on any atom is 0.352 e. The van der Waals surface area contributed by atoms with E-state index in [-0.39, 0.29) is 5.69 Å². The van der Waals surface area contributed by atoms with Crippen LogP contribution in [-0.4, -0.2) is 20.6 Å². The highest BCUT2D eigenvalue weighted by atomic mass is 35.5. The van der Waals surface area contributed by atoms with Gasteiger partial charge in [-0.25, -0.2) is 4.79 Å². The fourth-order valence-corrected chi connectivity index (χ4v) is 2.41. The van der Waals surface area contributed by atoms with Crippen molar-refractivity contribution in [2.24, 2.45) is 7.05 Å². The number of hydrogen-bond donors (Lipinski definition) is 2. The van der Waals surface area contributed by atoms with Gasteiger partial charge in [0, 0.05) is 23.0 Å².